The van der Waals surface area contributed by atoms with E-state index in [0.717, 1.165) is 43.3 Å². The number of piperidine rings is 1. The molecule has 2 heterocycles. The molecule has 160 valence electrons. The Hall–Kier alpha value is -2.96. The molecular weight excluding hydrogens is 380 g/mol. The molecule has 2 aromatic rings. The van der Waals surface area contributed by atoms with E-state index in [1.165, 1.54) is 0 Å². The zero-order chi connectivity index (χ0) is 21.5. The van der Waals surface area contributed by atoms with E-state index < -0.39 is 5.97 Å². The number of nitrogens with zero attached hydrogens (tertiary/aromatic N) is 3. The molecule has 1 aromatic carbocycles. The van der Waals surface area contributed by atoms with E-state index >= 15 is 0 Å². The Bertz CT molecular complexity index is 872. The van der Waals surface area contributed by atoms with Gasteiger partial charge in [0.1, 0.15) is 0 Å². The van der Waals surface area contributed by atoms with Crippen molar-refractivity contribution in [1.82, 2.24) is 9.97 Å². The van der Waals surface area contributed by atoms with Crippen LogP contribution in [0.3, 0.4) is 0 Å². The number of aromatic nitrogens is 2. The van der Waals surface area contributed by atoms with Gasteiger partial charge in [-0.15, -0.1) is 0 Å². The summed E-state index contributed by atoms with van der Waals surface area (Å²) in [5, 5.41) is 2.93. The van der Waals surface area contributed by atoms with Crippen molar-refractivity contribution in [2.75, 3.05) is 29.9 Å². The Balaban J connectivity index is 1.59. The van der Waals surface area contributed by atoms with Crippen LogP contribution in [0.2, 0.25) is 0 Å². The quantitative estimate of drug-likeness (QED) is 0.550. The van der Waals surface area contributed by atoms with Gasteiger partial charge in [-0.05, 0) is 51.3 Å². The molecule has 3 rings (SSSR count). The minimum Gasteiger partial charge on any atom is -0.462 e. The fraction of sp³-hybridized carbons (Fsp3) is 0.478. The first-order valence-electron chi connectivity index (χ1n) is 10.6. The maximum absolute atomic E-state index is 12.8. The first kappa shape index (κ1) is 21.7. The molecule has 7 nitrogen and oxygen atoms in total. The summed E-state index contributed by atoms with van der Waals surface area (Å²) >= 11 is 0. The van der Waals surface area contributed by atoms with Crippen LogP contribution in [0.4, 0.5) is 11.6 Å². The topological polar surface area (TPSA) is 84.4 Å². The number of hydrogen-bond acceptors (Lipinski definition) is 6. The van der Waals surface area contributed by atoms with E-state index in [-0.39, 0.29) is 11.8 Å². The summed E-state index contributed by atoms with van der Waals surface area (Å²) in [5.41, 5.74) is 2.78. The van der Waals surface area contributed by atoms with E-state index in [1.807, 2.05) is 26.8 Å². The average Bonchev–Trinajstić information content (AvgIpc) is 2.73. The molecular formula is C23H30N4O3. The fourth-order valence-corrected chi connectivity index (χ4v) is 3.58. The van der Waals surface area contributed by atoms with Crippen LogP contribution >= 0.6 is 0 Å². The normalized spacial score (nSPS) is 14.4. The van der Waals surface area contributed by atoms with Crippen LogP contribution in [0.1, 0.15) is 54.4 Å². The molecule has 1 amide bonds. The molecule has 1 aliphatic rings. The number of aryl methyl sites for hydroxylation is 2. The van der Waals surface area contributed by atoms with Crippen molar-refractivity contribution < 1.29 is 14.3 Å². The minimum absolute atomic E-state index is 0.0650. The highest BCUT2D eigenvalue weighted by Gasteiger charge is 2.27. The number of hydrogen-bond donors (Lipinski definition) is 1. The van der Waals surface area contributed by atoms with E-state index in [0.29, 0.717) is 30.7 Å². The molecule has 1 fully saturated rings. The second-order valence-electron chi connectivity index (χ2n) is 7.74. The molecule has 30 heavy (non-hydrogen) atoms. The van der Waals surface area contributed by atoms with Crippen molar-refractivity contribution >= 4 is 23.5 Å². The van der Waals surface area contributed by atoms with Crippen molar-refractivity contribution in [3.8, 4) is 0 Å². The summed E-state index contributed by atoms with van der Waals surface area (Å²) in [7, 11) is 0. The highest BCUT2D eigenvalue weighted by atomic mass is 16.5. The fourth-order valence-electron chi connectivity index (χ4n) is 3.58. The maximum Gasteiger partial charge on any atom is 0.340 e. The molecule has 0 atom stereocenters. The number of anilines is 2. The van der Waals surface area contributed by atoms with E-state index in [4.69, 9.17) is 4.74 Å². The summed E-state index contributed by atoms with van der Waals surface area (Å²) in [6.07, 6.45) is 3.21. The zero-order valence-electron chi connectivity index (χ0n) is 18.0. The van der Waals surface area contributed by atoms with Gasteiger partial charge >= 0.3 is 5.97 Å². The lowest BCUT2D eigenvalue weighted by Crippen LogP contribution is -2.39. The lowest BCUT2D eigenvalue weighted by atomic mass is 9.96. The van der Waals surface area contributed by atoms with Crippen LogP contribution in [0.15, 0.2) is 30.3 Å². The summed E-state index contributed by atoms with van der Waals surface area (Å²) < 4.78 is 5.31. The molecule has 1 N–H and O–H groups in total. The molecule has 0 radical (unpaired) electrons. The predicted octanol–water partition coefficient (Wildman–Crippen LogP) is 3.91. The zero-order valence-corrected chi connectivity index (χ0v) is 18.0. The van der Waals surface area contributed by atoms with Crippen LogP contribution in [0.5, 0.6) is 0 Å². The number of para-hydroxylation sites is 1. The summed E-state index contributed by atoms with van der Waals surface area (Å²) in [6.45, 7) is 7.80. The molecule has 0 saturated carbocycles. The van der Waals surface area contributed by atoms with Crippen molar-refractivity contribution in [3.05, 3.63) is 47.3 Å². The lowest BCUT2D eigenvalue weighted by molar-refractivity contribution is -0.120. The van der Waals surface area contributed by atoms with Gasteiger partial charge in [-0.3, -0.25) is 4.79 Å². The van der Waals surface area contributed by atoms with E-state index in [9.17, 15) is 9.59 Å². The summed E-state index contributed by atoms with van der Waals surface area (Å²) in [4.78, 5) is 36.4. The van der Waals surface area contributed by atoms with E-state index in [2.05, 4.69) is 20.2 Å². The van der Waals surface area contributed by atoms with Crippen LogP contribution in [-0.4, -0.2) is 41.5 Å². The van der Waals surface area contributed by atoms with Gasteiger partial charge in [-0.25, -0.2) is 14.8 Å². The molecule has 0 unspecified atom stereocenters. The van der Waals surface area contributed by atoms with Crippen LogP contribution in [-0.2, 0) is 9.53 Å². The third kappa shape index (κ3) is 5.55. The Morgan fingerprint density at radius 3 is 2.47 bits per heavy atom. The SMILES string of the molecule is CCCCOC(=O)c1ccccc1NC(=O)C1CCN(c2nc(C)cc(C)n2)CC1. The van der Waals surface area contributed by atoms with Gasteiger partial charge in [0.15, 0.2) is 0 Å². The molecule has 0 aliphatic carbocycles. The van der Waals surface area contributed by atoms with Crippen molar-refractivity contribution in [2.45, 2.75) is 46.5 Å². The van der Waals surface area contributed by atoms with Gasteiger partial charge in [0.25, 0.3) is 0 Å². The number of rotatable bonds is 7. The largest absolute Gasteiger partial charge is 0.462 e. The maximum atomic E-state index is 12.8. The Morgan fingerprint density at radius 1 is 1.13 bits per heavy atom. The number of carbonyl (C=O) groups is 2. The first-order valence-corrected chi connectivity index (χ1v) is 10.6. The van der Waals surface area contributed by atoms with Crippen LogP contribution < -0.4 is 10.2 Å². The number of benzene rings is 1. The number of nitrogens with one attached hydrogen (secondary N) is 1. The smallest absolute Gasteiger partial charge is 0.340 e. The van der Waals surface area contributed by atoms with Gasteiger partial charge in [-0.2, -0.15) is 0 Å². The third-order valence-electron chi connectivity index (χ3n) is 5.25. The number of carbonyl (C=O) groups excluding carboxylic acids is 2. The monoisotopic (exact) mass is 410 g/mol. The molecule has 0 bridgehead atoms. The highest BCUT2D eigenvalue weighted by molar-refractivity contribution is 6.01. The molecule has 1 aliphatic heterocycles. The average molecular weight is 411 g/mol. The molecule has 1 saturated heterocycles. The second kappa shape index (κ2) is 10.2. The Labute approximate surface area is 177 Å². The molecule has 7 heteroatoms. The Kier molecular flexibility index (Phi) is 7.38. The second-order valence-corrected chi connectivity index (χ2v) is 7.74. The third-order valence-corrected chi connectivity index (χ3v) is 5.25. The highest BCUT2D eigenvalue weighted by Crippen LogP contribution is 2.24. The van der Waals surface area contributed by atoms with Crippen LogP contribution in [0.25, 0.3) is 0 Å². The lowest BCUT2D eigenvalue weighted by Gasteiger charge is -2.31. The molecule has 1 aromatic heterocycles. The van der Waals surface area contributed by atoms with Gasteiger partial charge in [0.2, 0.25) is 11.9 Å². The standard InChI is InChI=1S/C23H30N4O3/c1-4-5-14-30-22(29)19-8-6-7-9-20(19)26-21(28)18-10-12-27(13-11-18)23-24-16(2)15-17(3)25-23/h6-9,15,18H,4-5,10-14H2,1-3H3,(H,26,28). The predicted molar refractivity (Wildman–Crippen MR) is 117 cm³/mol. The van der Waals surface area contributed by atoms with Crippen molar-refractivity contribution in [3.63, 3.8) is 0 Å². The number of unbranched alkanes of at least 4 members (excludes halogenated alkanes) is 1. The first-order chi connectivity index (χ1) is 14.5. The van der Waals surface area contributed by atoms with Gasteiger partial charge in [0, 0.05) is 30.4 Å². The van der Waals surface area contributed by atoms with Gasteiger partial charge in [-0.1, -0.05) is 25.5 Å². The summed E-state index contributed by atoms with van der Waals surface area (Å²) in [5.74, 6) is 0.147. The van der Waals surface area contributed by atoms with E-state index in [1.54, 1.807) is 24.3 Å². The summed E-state index contributed by atoms with van der Waals surface area (Å²) in [6, 6.07) is 8.96. The Morgan fingerprint density at radius 2 is 1.80 bits per heavy atom. The van der Waals surface area contributed by atoms with Gasteiger partial charge < -0.3 is 15.0 Å². The van der Waals surface area contributed by atoms with Crippen molar-refractivity contribution in [2.24, 2.45) is 5.92 Å². The van der Waals surface area contributed by atoms with Crippen molar-refractivity contribution in [1.29, 1.82) is 0 Å². The van der Waals surface area contributed by atoms with Gasteiger partial charge in [0.05, 0.1) is 17.9 Å². The minimum atomic E-state index is -0.402. The number of esters is 1. The number of ether oxygens (including phenoxy) is 1. The molecule has 0 spiro atoms. The van der Waals surface area contributed by atoms with Crippen LogP contribution in [0, 0.1) is 19.8 Å². The number of amides is 1.